The quantitative estimate of drug-likeness (QED) is 0.926. The van der Waals surface area contributed by atoms with Gasteiger partial charge in [-0.3, -0.25) is 4.79 Å². The number of halogens is 1. The zero-order chi connectivity index (χ0) is 13.0. The van der Waals surface area contributed by atoms with Crippen LogP contribution in [0.25, 0.3) is 0 Å². The molecule has 1 aliphatic carbocycles. The van der Waals surface area contributed by atoms with Crippen molar-refractivity contribution in [2.24, 2.45) is 0 Å². The van der Waals surface area contributed by atoms with Crippen LogP contribution in [0.15, 0.2) is 17.0 Å². The molecule has 2 rings (SSSR count). The van der Waals surface area contributed by atoms with Crippen molar-refractivity contribution in [1.29, 1.82) is 0 Å². The molecule has 0 radical (unpaired) electrons. The van der Waals surface area contributed by atoms with E-state index in [2.05, 4.69) is 31.2 Å². The Morgan fingerprint density at radius 1 is 1.33 bits per heavy atom. The van der Waals surface area contributed by atoms with E-state index in [4.69, 9.17) is 4.74 Å². The molecule has 1 N–H and O–H groups in total. The van der Waals surface area contributed by atoms with E-state index >= 15 is 0 Å². The summed E-state index contributed by atoms with van der Waals surface area (Å²) in [6, 6.07) is 0.206. The summed E-state index contributed by atoms with van der Waals surface area (Å²) < 4.78 is 5.79. The number of carbonyl (C=O) groups is 1. The summed E-state index contributed by atoms with van der Waals surface area (Å²) in [5.74, 6) is -0.171. The molecule has 0 saturated heterocycles. The lowest BCUT2D eigenvalue weighted by Crippen LogP contribution is -2.39. The van der Waals surface area contributed by atoms with Crippen molar-refractivity contribution in [3.63, 3.8) is 0 Å². The van der Waals surface area contributed by atoms with Crippen LogP contribution in [0.4, 0.5) is 0 Å². The Morgan fingerprint density at radius 2 is 2.00 bits per heavy atom. The Hall–Kier alpha value is -1.01. The highest BCUT2D eigenvalue weighted by atomic mass is 79.9. The summed E-state index contributed by atoms with van der Waals surface area (Å²) in [5, 5.41) is 2.99. The molecule has 1 amide bonds. The maximum Gasteiger partial charge on any atom is 0.272 e. The van der Waals surface area contributed by atoms with Gasteiger partial charge in [-0.15, -0.1) is 0 Å². The van der Waals surface area contributed by atoms with Crippen molar-refractivity contribution in [3.05, 3.63) is 22.7 Å². The van der Waals surface area contributed by atoms with Gasteiger partial charge in [0.15, 0.2) is 5.69 Å². The third kappa shape index (κ3) is 3.26. The van der Waals surface area contributed by atoms with Gasteiger partial charge in [-0.1, -0.05) is 0 Å². The van der Waals surface area contributed by atoms with Crippen LogP contribution in [0.2, 0.25) is 0 Å². The SMILES string of the molecule is COC1CCC(NC(=O)c2nccnc2Br)CC1. The zero-order valence-electron chi connectivity index (χ0n) is 10.2. The van der Waals surface area contributed by atoms with E-state index < -0.39 is 0 Å². The topological polar surface area (TPSA) is 64.1 Å². The minimum Gasteiger partial charge on any atom is -0.381 e. The number of amides is 1. The van der Waals surface area contributed by atoms with E-state index in [0.29, 0.717) is 16.4 Å². The van der Waals surface area contributed by atoms with Gasteiger partial charge in [0.1, 0.15) is 4.60 Å². The predicted octanol–water partition coefficient (Wildman–Crippen LogP) is 1.93. The molecule has 1 fully saturated rings. The summed E-state index contributed by atoms with van der Waals surface area (Å²) in [7, 11) is 1.74. The smallest absolute Gasteiger partial charge is 0.272 e. The van der Waals surface area contributed by atoms with Crippen LogP contribution in [0.5, 0.6) is 0 Å². The third-order valence-electron chi connectivity index (χ3n) is 3.21. The number of rotatable bonds is 3. The van der Waals surface area contributed by atoms with E-state index in [1.807, 2.05) is 0 Å². The molecule has 18 heavy (non-hydrogen) atoms. The van der Waals surface area contributed by atoms with Gasteiger partial charge in [-0.2, -0.15) is 0 Å². The summed E-state index contributed by atoms with van der Waals surface area (Å²) in [6.07, 6.45) is 7.27. The summed E-state index contributed by atoms with van der Waals surface area (Å²) in [4.78, 5) is 20.0. The second-order valence-corrected chi connectivity index (χ2v) is 5.13. The van der Waals surface area contributed by atoms with Crippen molar-refractivity contribution in [3.8, 4) is 0 Å². The molecule has 0 atom stereocenters. The average Bonchev–Trinajstić information content (AvgIpc) is 2.40. The first-order valence-corrected chi connectivity index (χ1v) is 6.80. The Balaban J connectivity index is 1.91. The van der Waals surface area contributed by atoms with Gasteiger partial charge in [-0.05, 0) is 41.6 Å². The minimum atomic E-state index is -0.171. The van der Waals surface area contributed by atoms with E-state index in [1.54, 1.807) is 13.3 Å². The number of nitrogens with zero attached hydrogens (tertiary/aromatic N) is 2. The normalized spacial score (nSPS) is 23.7. The van der Waals surface area contributed by atoms with Crippen molar-refractivity contribution in [1.82, 2.24) is 15.3 Å². The molecule has 98 valence electrons. The molecule has 0 unspecified atom stereocenters. The van der Waals surface area contributed by atoms with Gasteiger partial charge in [0.25, 0.3) is 5.91 Å². The number of nitrogens with one attached hydrogen (secondary N) is 1. The van der Waals surface area contributed by atoms with Gasteiger partial charge < -0.3 is 10.1 Å². The lowest BCUT2D eigenvalue weighted by atomic mass is 9.93. The first-order chi connectivity index (χ1) is 8.70. The summed E-state index contributed by atoms with van der Waals surface area (Å²) >= 11 is 3.23. The highest BCUT2D eigenvalue weighted by molar-refractivity contribution is 9.10. The Bertz CT molecular complexity index is 420. The van der Waals surface area contributed by atoms with Crippen LogP contribution in [-0.4, -0.2) is 35.1 Å². The van der Waals surface area contributed by atoms with E-state index in [9.17, 15) is 4.79 Å². The second-order valence-electron chi connectivity index (χ2n) is 4.38. The van der Waals surface area contributed by atoms with E-state index in [-0.39, 0.29) is 11.9 Å². The number of carbonyl (C=O) groups excluding carboxylic acids is 1. The number of aromatic nitrogens is 2. The molecule has 0 aromatic carbocycles. The molecule has 1 heterocycles. The average molecular weight is 314 g/mol. The van der Waals surface area contributed by atoms with Crippen molar-refractivity contribution < 1.29 is 9.53 Å². The van der Waals surface area contributed by atoms with Gasteiger partial charge in [0.05, 0.1) is 6.10 Å². The molecule has 1 aromatic rings. The molecule has 1 aromatic heterocycles. The van der Waals surface area contributed by atoms with Gasteiger partial charge >= 0.3 is 0 Å². The lowest BCUT2D eigenvalue weighted by Gasteiger charge is -2.28. The molecular weight excluding hydrogens is 298 g/mol. The molecular formula is C12H16BrN3O2. The largest absolute Gasteiger partial charge is 0.381 e. The van der Waals surface area contributed by atoms with Gasteiger partial charge in [0.2, 0.25) is 0 Å². The number of ether oxygens (including phenoxy) is 1. The molecule has 1 aliphatic rings. The summed E-state index contributed by atoms with van der Waals surface area (Å²) in [6.45, 7) is 0. The molecule has 5 nitrogen and oxygen atoms in total. The Labute approximate surface area is 114 Å². The van der Waals surface area contributed by atoms with Crippen LogP contribution >= 0.6 is 15.9 Å². The van der Waals surface area contributed by atoms with Gasteiger partial charge in [-0.25, -0.2) is 9.97 Å². The lowest BCUT2D eigenvalue weighted by molar-refractivity contribution is 0.0598. The van der Waals surface area contributed by atoms with E-state index in [1.165, 1.54) is 6.20 Å². The van der Waals surface area contributed by atoms with Crippen molar-refractivity contribution in [2.45, 2.75) is 37.8 Å². The third-order valence-corrected chi connectivity index (χ3v) is 3.79. The van der Waals surface area contributed by atoms with Crippen LogP contribution in [-0.2, 0) is 4.74 Å². The maximum absolute atomic E-state index is 12.0. The highest BCUT2D eigenvalue weighted by Crippen LogP contribution is 2.21. The molecule has 6 heteroatoms. The van der Waals surface area contributed by atoms with Crippen LogP contribution in [0.3, 0.4) is 0 Å². The van der Waals surface area contributed by atoms with Crippen LogP contribution < -0.4 is 5.32 Å². The molecule has 1 saturated carbocycles. The minimum absolute atomic E-state index is 0.171. The van der Waals surface area contributed by atoms with Crippen molar-refractivity contribution in [2.75, 3.05) is 7.11 Å². The fourth-order valence-electron chi connectivity index (χ4n) is 2.17. The maximum atomic E-state index is 12.0. The second kappa shape index (κ2) is 6.24. The van der Waals surface area contributed by atoms with Crippen LogP contribution in [0.1, 0.15) is 36.2 Å². The first-order valence-electron chi connectivity index (χ1n) is 6.01. The number of methoxy groups -OCH3 is 1. The van der Waals surface area contributed by atoms with Gasteiger partial charge in [0, 0.05) is 25.5 Å². The fraction of sp³-hybridized carbons (Fsp3) is 0.583. The fourth-order valence-corrected chi connectivity index (χ4v) is 2.57. The highest BCUT2D eigenvalue weighted by Gasteiger charge is 2.23. The monoisotopic (exact) mass is 313 g/mol. The first kappa shape index (κ1) is 13.4. The molecule has 0 spiro atoms. The molecule has 0 aliphatic heterocycles. The van der Waals surface area contributed by atoms with E-state index in [0.717, 1.165) is 25.7 Å². The zero-order valence-corrected chi connectivity index (χ0v) is 11.8. The van der Waals surface area contributed by atoms with Crippen molar-refractivity contribution >= 4 is 21.8 Å². The number of hydrogen-bond donors (Lipinski definition) is 1. The number of hydrogen-bond acceptors (Lipinski definition) is 4. The Morgan fingerprint density at radius 3 is 2.61 bits per heavy atom. The predicted molar refractivity (Wildman–Crippen MR) is 70.3 cm³/mol. The Kier molecular flexibility index (Phi) is 4.66. The summed E-state index contributed by atoms with van der Waals surface area (Å²) in [5.41, 5.74) is 0.339. The molecule has 0 bridgehead atoms. The van der Waals surface area contributed by atoms with Crippen LogP contribution in [0, 0.1) is 0 Å². The standard InChI is InChI=1S/C12H16BrN3O2/c1-18-9-4-2-8(3-5-9)16-12(17)10-11(13)15-7-6-14-10/h6-9H,2-5H2,1H3,(H,16,17).